The molecule has 1 aliphatic heterocycles. The van der Waals surface area contributed by atoms with Crippen molar-refractivity contribution in [3.63, 3.8) is 0 Å². The number of piperidine rings is 1. The molecule has 9 heteroatoms. The van der Waals surface area contributed by atoms with Gasteiger partial charge in [-0.1, -0.05) is 23.9 Å². The summed E-state index contributed by atoms with van der Waals surface area (Å²) < 4.78 is 12.8. The second-order valence-electron chi connectivity index (χ2n) is 7.82. The topological polar surface area (TPSA) is 85.4 Å². The van der Waals surface area contributed by atoms with E-state index in [1.165, 1.54) is 18.2 Å². The van der Waals surface area contributed by atoms with Gasteiger partial charge in [0.25, 0.3) is 0 Å². The molecule has 32 heavy (non-hydrogen) atoms. The monoisotopic (exact) mass is 455 g/mol. The number of nitrogens with zero attached hydrogens (tertiary/aromatic N) is 4. The number of benzene rings is 1. The zero-order valence-electron chi connectivity index (χ0n) is 18.5. The highest BCUT2D eigenvalue weighted by Gasteiger charge is 2.24. The van der Waals surface area contributed by atoms with Crippen LogP contribution >= 0.6 is 11.8 Å². The van der Waals surface area contributed by atoms with Gasteiger partial charge in [-0.05, 0) is 56.0 Å². The molecule has 1 atom stereocenters. The van der Waals surface area contributed by atoms with E-state index in [2.05, 4.69) is 25.0 Å². The van der Waals surface area contributed by atoms with Crippen molar-refractivity contribution >= 4 is 23.6 Å². The number of hydrogen-bond acceptors (Lipinski definition) is 7. The molecule has 1 fully saturated rings. The maximum absolute atomic E-state index is 12.7. The van der Waals surface area contributed by atoms with Gasteiger partial charge in [-0.25, -0.2) is 0 Å². The molecule has 1 saturated heterocycles. The maximum Gasteiger partial charge on any atom is 0.233 e. The lowest BCUT2D eigenvalue weighted by Gasteiger charge is -2.27. The average molecular weight is 456 g/mol. The Bertz CT molecular complexity index is 997. The molecule has 1 amide bonds. The molecule has 0 bridgehead atoms. The summed E-state index contributed by atoms with van der Waals surface area (Å²) in [6.45, 7) is 4.83. The SMILES string of the molecule is COc1ccc(CNC(=O)[C@@H](C)Sc2nnc(N3CCCCC3)n2Cc2ccco2)cc1. The molecule has 2 aromatic heterocycles. The smallest absolute Gasteiger partial charge is 0.233 e. The Balaban J connectivity index is 1.43. The van der Waals surface area contributed by atoms with Gasteiger partial charge in [-0.3, -0.25) is 9.36 Å². The summed E-state index contributed by atoms with van der Waals surface area (Å²) in [5, 5.41) is 12.3. The summed E-state index contributed by atoms with van der Waals surface area (Å²) in [7, 11) is 1.64. The minimum absolute atomic E-state index is 0.0436. The van der Waals surface area contributed by atoms with E-state index in [1.807, 2.05) is 43.3 Å². The molecule has 0 aliphatic carbocycles. The molecule has 0 saturated carbocycles. The number of carbonyl (C=O) groups excluding carboxylic acids is 1. The van der Waals surface area contributed by atoms with Crippen LogP contribution in [0.5, 0.6) is 5.75 Å². The second-order valence-corrected chi connectivity index (χ2v) is 9.13. The van der Waals surface area contributed by atoms with Gasteiger partial charge >= 0.3 is 0 Å². The molecule has 1 aliphatic rings. The van der Waals surface area contributed by atoms with Crippen LogP contribution in [0.2, 0.25) is 0 Å². The first kappa shape index (κ1) is 22.3. The molecule has 3 aromatic rings. The summed E-state index contributed by atoms with van der Waals surface area (Å²) in [6, 6.07) is 11.5. The number of aromatic nitrogens is 3. The summed E-state index contributed by atoms with van der Waals surface area (Å²) in [5.74, 6) is 2.43. The quantitative estimate of drug-likeness (QED) is 0.492. The first-order chi connectivity index (χ1) is 15.6. The van der Waals surface area contributed by atoms with Crippen molar-refractivity contribution in [1.29, 1.82) is 0 Å². The number of thioether (sulfide) groups is 1. The number of carbonyl (C=O) groups is 1. The molecular weight excluding hydrogens is 426 g/mol. The molecule has 1 aromatic carbocycles. The number of ether oxygens (including phenoxy) is 1. The fourth-order valence-electron chi connectivity index (χ4n) is 3.68. The first-order valence-electron chi connectivity index (χ1n) is 10.9. The number of amides is 1. The van der Waals surface area contributed by atoms with Crippen LogP contribution in [-0.2, 0) is 17.9 Å². The van der Waals surface area contributed by atoms with E-state index in [0.717, 1.165) is 49.0 Å². The molecule has 8 nitrogen and oxygen atoms in total. The third-order valence-electron chi connectivity index (χ3n) is 5.51. The van der Waals surface area contributed by atoms with E-state index < -0.39 is 0 Å². The van der Waals surface area contributed by atoms with Gasteiger partial charge in [0.05, 0.1) is 25.2 Å². The first-order valence-corrected chi connectivity index (χ1v) is 11.8. The Morgan fingerprint density at radius 3 is 2.66 bits per heavy atom. The highest BCUT2D eigenvalue weighted by Crippen LogP contribution is 2.28. The van der Waals surface area contributed by atoms with Crippen molar-refractivity contribution in [2.75, 3.05) is 25.1 Å². The van der Waals surface area contributed by atoms with Crippen LogP contribution < -0.4 is 15.0 Å². The number of furan rings is 1. The zero-order valence-corrected chi connectivity index (χ0v) is 19.3. The largest absolute Gasteiger partial charge is 0.497 e. The van der Waals surface area contributed by atoms with Gasteiger partial charge < -0.3 is 19.4 Å². The molecule has 0 radical (unpaired) electrons. The van der Waals surface area contributed by atoms with Gasteiger partial charge in [0.1, 0.15) is 11.5 Å². The van der Waals surface area contributed by atoms with Crippen LogP contribution in [0, 0.1) is 0 Å². The van der Waals surface area contributed by atoms with Crippen LogP contribution in [0.3, 0.4) is 0 Å². The van der Waals surface area contributed by atoms with Crippen LogP contribution in [-0.4, -0.2) is 46.1 Å². The minimum atomic E-state index is -0.318. The minimum Gasteiger partial charge on any atom is -0.497 e. The number of hydrogen-bond donors (Lipinski definition) is 1. The van der Waals surface area contributed by atoms with Crippen LogP contribution in [0.15, 0.2) is 52.2 Å². The van der Waals surface area contributed by atoms with Gasteiger partial charge in [0.15, 0.2) is 5.16 Å². The van der Waals surface area contributed by atoms with E-state index in [0.29, 0.717) is 18.2 Å². The molecule has 4 rings (SSSR count). The lowest BCUT2D eigenvalue weighted by atomic mass is 10.1. The molecular formula is C23H29N5O3S. The van der Waals surface area contributed by atoms with E-state index >= 15 is 0 Å². The number of methoxy groups -OCH3 is 1. The normalized spacial score (nSPS) is 14.9. The van der Waals surface area contributed by atoms with Crippen molar-refractivity contribution in [2.45, 2.75) is 49.7 Å². The van der Waals surface area contributed by atoms with Crippen molar-refractivity contribution < 1.29 is 13.9 Å². The molecule has 0 spiro atoms. The summed E-state index contributed by atoms with van der Waals surface area (Å²) in [4.78, 5) is 15.0. The lowest BCUT2D eigenvalue weighted by Crippen LogP contribution is -2.32. The Morgan fingerprint density at radius 2 is 1.97 bits per heavy atom. The van der Waals surface area contributed by atoms with E-state index in [-0.39, 0.29) is 11.2 Å². The fraction of sp³-hybridized carbons (Fsp3) is 0.435. The fourth-order valence-corrected chi connectivity index (χ4v) is 4.55. The van der Waals surface area contributed by atoms with E-state index in [4.69, 9.17) is 9.15 Å². The van der Waals surface area contributed by atoms with Gasteiger partial charge in [0.2, 0.25) is 11.9 Å². The second kappa shape index (κ2) is 10.6. The summed E-state index contributed by atoms with van der Waals surface area (Å²) in [5.41, 5.74) is 1.02. The molecule has 170 valence electrons. The van der Waals surface area contributed by atoms with Crippen LogP contribution in [0.25, 0.3) is 0 Å². The molecule has 1 N–H and O–H groups in total. The van der Waals surface area contributed by atoms with Gasteiger partial charge in [-0.2, -0.15) is 0 Å². The lowest BCUT2D eigenvalue weighted by molar-refractivity contribution is -0.120. The highest BCUT2D eigenvalue weighted by molar-refractivity contribution is 8.00. The third-order valence-corrected chi connectivity index (χ3v) is 6.59. The summed E-state index contributed by atoms with van der Waals surface area (Å²) >= 11 is 1.42. The third kappa shape index (κ3) is 5.45. The predicted molar refractivity (Wildman–Crippen MR) is 124 cm³/mol. The Hall–Kier alpha value is -2.94. The Kier molecular flexibility index (Phi) is 7.36. The standard InChI is InChI=1S/C23H29N5O3S/c1-17(21(29)24-15-18-8-10-19(30-2)11-9-18)32-23-26-25-22(27-12-4-3-5-13-27)28(23)16-20-7-6-14-31-20/h6-11,14,17H,3-5,12-13,15-16H2,1-2H3,(H,24,29)/t17-/m1/s1. The van der Waals surface area contributed by atoms with Crippen molar-refractivity contribution in [3.05, 3.63) is 54.0 Å². The van der Waals surface area contributed by atoms with Crippen molar-refractivity contribution in [2.24, 2.45) is 0 Å². The number of anilines is 1. The molecule has 3 heterocycles. The number of nitrogens with one attached hydrogen (secondary N) is 1. The van der Waals surface area contributed by atoms with Crippen LogP contribution in [0.4, 0.5) is 5.95 Å². The van der Waals surface area contributed by atoms with Gasteiger partial charge in [-0.15, -0.1) is 10.2 Å². The van der Waals surface area contributed by atoms with Crippen molar-refractivity contribution in [3.8, 4) is 5.75 Å². The Labute approximate surface area is 192 Å². The molecule has 0 unspecified atom stereocenters. The van der Waals surface area contributed by atoms with Crippen LogP contribution in [0.1, 0.15) is 37.5 Å². The number of rotatable bonds is 9. The maximum atomic E-state index is 12.7. The van der Waals surface area contributed by atoms with Crippen molar-refractivity contribution in [1.82, 2.24) is 20.1 Å². The van der Waals surface area contributed by atoms with Gasteiger partial charge in [0, 0.05) is 19.6 Å². The van der Waals surface area contributed by atoms with E-state index in [9.17, 15) is 4.79 Å². The highest BCUT2D eigenvalue weighted by atomic mass is 32.2. The summed E-state index contributed by atoms with van der Waals surface area (Å²) in [6.07, 6.45) is 5.22. The predicted octanol–water partition coefficient (Wildman–Crippen LogP) is 3.72. The Morgan fingerprint density at radius 1 is 1.19 bits per heavy atom. The average Bonchev–Trinajstić information content (AvgIpc) is 3.49. The zero-order chi connectivity index (χ0) is 22.3. The van der Waals surface area contributed by atoms with E-state index in [1.54, 1.807) is 13.4 Å².